The Balaban J connectivity index is 2.25. The lowest BCUT2D eigenvalue weighted by Gasteiger charge is -2.11. The standard InChI is InChI=1S/C10H11BrIN/c11-8-6-7(3-4-9(8)12)10-2-1-5-13-10/h3-4,6,10,13H,1-2,5H2. The Morgan fingerprint density at radius 3 is 2.92 bits per heavy atom. The van der Waals surface area contributed by atoms with Crippen LogP contribution in [0, 0.1) is 3.57 Å². The minimum Gasteiger partial charge on any atom is -0.310 e. The third-order valence-electron chi connectivity index (χ3n) is 2.41. The average molecular weight is 352 g/mol. The largest absolute Gasteiger partial charge is 0.310 e. The third kappa shape index (κ3) is 2.25. The summed E-state index contributed by atoms with van der Waals surface area (Å²) < 4.78 is 2.48. The number of rotatable bonds is 1. The molecule has 1 saturated heterocycles. The highest BCUT2D eigenvalue weighted by molar-refractivity contribution is 14.1. The minimum absolute atomic E-state index is 0.577. The first-order valence-corrected chi connectivity index (χ1v) is 6.33. The maximum atomic E-state index is 3.56. The molecule has 1 nitrogen and oxygen atoms in total. The Morgan fingerprint density at radius 2 is 2.31 bits per heavy atom. The van der Waals surface area contributed by atoms with Crippen molar-refractivity contribution in [1.29, 1.82) is 0 Å². The number of hydrogen-bond acceptors (Lipinski definition) is 1. The molecule has 1 unspecified atom stereocenters. The second-order valence-corrected chi connectivity index (χ2v) is 5.34. The van der Waals surface area contributed by atoms with Crippen LogP contribution in [0.25, 0.3) is 0 Å². The molecule has 0 amide bonds. The van der Waals surface area contributed by atoms with Crippen molar-refractivity contribution >= 4 is 38.5 Å². The SMILES string of the molecule is Brc1cc(C2CCCN2)ccc1I. The molecule has 0 aromatic heterocycles. The molecule has 1 aliphatic heterocycles. The molecule has 0 saturated carbocycles. The monoisotopic (exact) mass is 351 g/mol. The Hall–Kier alpha value is 0.390. The van der Waals surface area contributed by atoms with E-state index in [9.17, 15) is 0 Å². The molecule has 1 heterocycles. The summed E-state index contributed by atoms with van der Waals surface area (Å²) in [6.07, 6.45) is 2.57. The van der Waals surface area contributed by atoms with Gasteiger partial charge in [0.1, 0.15) is 0 Å². The molecule has 0 aliphatic carbocycles. The van der Waals surface area contributed by atoms with Crippen LogP contribution in [-0.4, -0.2) is 6.54 Å². The maximum Gasteiger partial charge on any atom is 0.0321 e. The van der Waals surface area contributed by atoms with E-state index in [1.165, 1.54) is 26.4 Å². The van der Waals surface area contributed by atoms with E-state index in [1.54, 1.807) is 0 Å². The predicted octanol–water partition coefficient (Wildman–Crippen LogP) is 3.48. The molecule has 13 heavy (non-hydrogen) atoms. The number of halogens is 2. The van der Waals surface area contributed by atoms with E-state index in [4.69, 9.17) is 0 Å². The van der Waals surface area contributed by atoms with Crippen molar-refractivity contribution in [2.24, 2.45) is 0 Å². The third-order valence-corrected chi connectivity index (χ3v) is 4.74. The van der Waals surface area contributed by atoms with Gasteiger partial charge in [-0.3, -0.25) is 0 Å². The summed E-state index contributed by atoms with van der Waals surface area (Å²) in [6.45, 7) is 1.16. The van der Waals surface area contributed by atoms with Crippen LogP contribution in [-0.2, 0) is 0 Å². The molecule has 1 aromatic rings. The van der Waals surface area contributed by atoms with Crippen molar-refractivity contribution in [2.75, 3.05) is 6.54 Å². The fourth-order valence-electron chi connectivity index (χ4n) is 1.70. The van der Waals surface area contributed by atoms with Crippen molar-refractivity contribution in [3.63, 3.8) is 0 Å². The van der Waals surface area contributed by atoms with Crippen LogP contribution in [0.1, 0.15) is 24.4 Å². The molecule has 2 rings (SSSR count). The minimum atomic E-state index is 0.577. The van der Waals surface area contributed by atoms with Crippen molar-refractivity contribution in [3.05, 3.63) is 31.8 Å². The van der Waals surface area contributed by atoms with Gasteiger partial charge in [0.05, 0.1) is 0 Å². The smallest absolute Gasteiger partial charge is 0.0321 e. The van der Waals surface area contributed by atoms with Gasteiger partial charge in [0.2, 0.25) is 0 Å². The first-order chi connectivity index (χ1) is 6.27. The molecule has 70 valence electrons. The van der Waals surface area contributed by atoms with Crippen LogP contribution in [0.5, 0.6) is 0 Å². The zero-order valence-electron chi connectivity index (χ0n) is 7.19. The van der Waals surface area contributed by atoms with E-state index in [2.05, 4.69) is 62.0 Å². The average Bonchev–Trinajstić information content (AvgIpc) is 2.62. The number of nitrogens with one attached hydrogen (secondary N) is 1. The van der Waals surface area contributed by atoms with Crippen LogP contribution in [0.15, 0.2) is 22.7 Å². The van der Waals surface area contributed by atoms with Gasteiger partial charge in [-0.2, -0.15) is 0 Å². The van der Waals surface area contributed by atoms with Crippen molar-refractivity contribution < 1.29 is 0 Å². The molecule has 1 atom stereocenters. The lowest BCUT2D eigenvalue weighted by molar-refractivity contribution is 0.647. The number of hydrogen-bond donors (Lipinski definition) is 1. The van der Waals surface area contributed by atoms with Crippen LogP contribution in [0.2, 0.25) is 0 Å². The second-order valence-electron chi connectivity index (χ2n) is 3.32. The zero-order valence-corrected chi connectivity index (χ0v) is 10.9. The normalized spacial score (nSPS) is 22.2. The summed E-state index contributed by atoms with van der Waals surface area (Å²) in [6, 6.07) is 7.19. The van der Waals surface area contributed by atoms with Gasteiger partial charge >= 0.3 is 0 Å². The highest BCUT2D eigenvalue weighted by Gasteiger charge is 2.16. The molecular weight excluding hydrogens is 341 g/mol. The molecule has 3 heteroatoms. The quantitative estimate of drug-likeness (QED) is 0.764. The highest BCUT2D eigenvalue weighted by Crippen LogP contribution is 2.27. The summed E-state index contributed by atoms with van der Waals surface area (Å²) >= 11 is 5.89. The number of benzene rings is 1. The van der Waals surface area contributed by atoms with Crippen LogP contribution < -0.4 is 5.32 Å². The van der Waals surface area contributed by atoms with Gasteiger partial charge < -0.3 is 5.32 Å². The molecular formula is C10H11BrIN. The highest BCUT2D eigenvalue weighted by atomic mass is 127. The first kappa shape index (κ1) is 9.93. The van der Waals surface area contributed by atoms with Crippen LogP contribution in [0.4, 0.5) is 0 Å². The van der Waals surface area contributed by atoms with Gasteiger partial charge in [-0.25, -0.2) is 0 Å². The Kier molecular flexibility index (Phi) is 3.26. The Labute approximate surface area is 101 Å². The van der Waals surface area contributed by atoms with Crippen molar-refractivity contribution in [1.82, 2.24) is 5.32 Å². The van der Waals surface area contributed by atoms with Crippen LogP contribution >= 0.6 is 38.5 Å². The summed E-state index contributed by atoms with van der Waals surface area (Å²) in [7, 11) is 0. The molecule has 1 aromatic carbocycles. The van der Waals surface area contributed by atoms with Gasteiger partial charge in [-0.15, -0.1) is 0 Å². The predicted molar refractivity (Wildman–Crippen MR) is 66.8 cm³/mol. The fourth-order valence-corrected chi connectivity index (χ4v) is 2.43. The van der Waals surface area contributed by atoms with E-state index in [1.807, 2.05) is 0 Å². The van der Waals surface area contributed by atoms with Gasteiger partial charge in [0, 0.05) is 14.1 Å². The maximum absolute atomic E-state index is 3.56. The summed E-state index contributed by atoms with van der Waals surface area (Å²) in [5.74, 6) is 0. The summed E-state index contributed by atoms with van der Waals surface area (Å²) in [5.41, 5.74) is 1.41. The Morgan fingerprint density at radius 1 is 1.46 bits per heavy atom. The van der Waals surface area contributed by atoms with Gasteiger partial charge in [-0.1, -0.05) is 6.07 Å². The van der Waals surface area contributed by atoms with Gasteiger partial charge in [0.15, 0.2) is 0 Å². The molecule has 0 radical (unpaired) electrons. The van der Waals surface area contributed by atoms with E-state index in [-0.39, 0.29) is 0 Å². The van der Waals surface area contributed by atoms with Gasteiger partial charge in [0.25, 0.3) is 0 Å². The molecule has 1 aliphatic rings. The molecule has 1 fully saturated rings. The molecule has 0 spiro atoms. The second kappa shape index (κ2) is 4.28. The first-order valence-electron chi connectivity index (χ1n) is 4.46. The van der Waals surface area contributed by atoms with E-state index in [0.29, 0.717) is 6.04 Å². The van der Waals surface area contributed by atoms with E-state index < -0.39 is 0 Å². The summed E-state index contributed by atoms with van der Waals surface area (Å²) in [5, 5.41) is 3.50. The van der Waals surface area contributed by atoms with Crippen LogP contribution in [0.3, 0.4) is 0 Å². The van der Waals surface area contributed by atoms with E-state index in [0.717, 1.165) is 6.54 Å². The lowest BCUT2D eigenvalue weighted by atomic mass is 10.1. The van der Waals surface area contributed by atoms with Crippen molar-refractivity contribution in [2.45, 2.75) is 18.9 Å². The van der Waals surface area contributed by atoms with Crippen molar-refractivity contribution in [3.8, 4) is 0 Å². The fraction of sp³-hybridized carbons (Fsp3) is 0.400. The lowest BCUT2D eigenvalue weighted by Crippen LogP contribution is -2.12. The molecule has 0 bridgehead atoms. The zero-order chi connectivity index (χ0) is 9.26. The topological polar surface area (TPSA) is 12.0 Å². The molecule has 1 N–H and O–H groups in total. The summed E-state index contributed by atoms with van der Waals surface area (Å²) in [4.78, 5) is 0. The Bertz CT molecular complexity index is 308. The van der Waals surface area contributed by atoms with Gasteiger partial charge in [-0.05, 0) is 75.6 Å². The van der Waals surface area contributed by atoms with E-state index >= 15 is 0 Å².